The second kappa shape index (κ2) is 4.97. The Kier molecular flexibility index (Phi) is 3.08. The molecule has 0 bridgehead atoms. The lowest BCUT2D eigenvalue weighted by Crippen LogP contribution is -2.40. The highest BCUT2D eigenvalue weighted by atomic mass is 16.3. The number of nitrogens with zero attached hydrogens (tertiary/aromatic N) is 3. The van der Waals surface area contributed by atoms with Gasteiger partial charge < -0.3 is 5.11 Å². The molecule has 2 aliphatic heterocycles. The molecule has 2 heterocycles. The van der Waals surface area contributed by atoms with Gasteiger partial charge in [-0.05, 0) is 25.7 Å². The second-order valence-electron chi connectivity index (χ2n) is 6.60. The van der Waals surface area contributed by atoms with Crippen molar-refractivity contribution in [2.24, 2.45) is 21.9 Å². The number of dihydropyridines is 1. The molecule has 5 heteroatoms. The maximum Gasteiger partial charge on any atom is 0.274 e. The molecule has 0 radical (unpaired) electrons. The van der Waals surface area contributed by atoms with E-state index in [-0.39, 0.29) is 17.6 Å². The SMILES string of the molecule is O=C1C=C(O)C2C(C3CCC3)=NN(C3CCCCC3)C2=N1. The minimum Gasteiger partial charge on any atom is -0.511 e. The number of hydrogen-bond donors (Lipinski definition) is 1. The third kappa shape index (κ3) is 2.10. The zero-order valence-electron chi connectivity index (χ0n) is 12.2. The number of amides is 1. The second-order valence-corrected chi connectivity index (χ2v) is 6.60. The number of fused-ring (bicyclic) bond motifs is 1. The number of hydrogen-bond acceptors (Lipinski definition) is 4. The minimum atomic E-state index is -0.357. The van der Waals surface area contributed by atoms with Crippen LogP contribution < -0.4 is 0 Å². The summed E-state index contributed by atoms with van der Waals surface area (Å²) in [6.45, 7) is 0. The maximum atomic E-state index is 11.7. The van der Waals surface area contributed by atoms with Crippen molar-refractivity contribution in [2.75, 3.05) is 0 Å². The van der Waals surface area contributed by atoms with Gasteiger partial charge in [-0.15, -0.1) is 0 Å². The Labute approximate surface area is 124 Å². The first-order valence-corrected chi connectivity index (χ1v) is 8.15. The molecule has 112 valence electrons. The van der Waals surface area contributed by atoms with E-state index in [9.17, 15) is 9.90 Å². The Hall–Kier alpha value is -1.65. The number of aliphatic imine (C=N–C) groups is 1. The van der Waals surface area contributed by atoms with Crippen LogP contribution in [0.3, 0.4) is 0 Å². The molecular weight excluding hydrogens is 266 g/mol. The highest BCUT2D eigenvalue weighted by molar-refractivity contribution is 6.18. The predicted octanol–water partition coefficient (Wildman–Crippen LogP) is 2.79. The van der Waals surface area contributed by atoms with Crippen molar-refractivity contribution in [3.63, 3.8) is 0 Å². The summed E-state index contributed by atoms with van der Waals surface area (Å²) >= 11 is 0. The molecule has 0 spiro atoms. The number of rotatable bonds is 2. The van der Waals surface area contributed by atoms with Gasteiger partial charge in [0.2, 0.25) is 0 Å². The van der Waals surface area contributed by atoms with E-state index in [1.54, 1.807) is 0 Å². The van der Waals surface area contributed by atoms with Crippen molar-refractivity contribution in [1.82, 2.24) is 5.01 Å². The third-order valence-corrected chi connectivity index (χ3v) is 5.25. The molecule has 2 aliphatic carbocycles. The summed E-state index contributed by atoms with van der Waals surface area (Å²) in [6, 6.07) is 0.344. The van der Waals surface area contributed by atoms with Crippen LogP contribution in [0.4, 0.5) is 0 Å². The van der Waals surface area contributed by atoms with Crippen LogP contribution in [0.5, 0.6) is 0 Å². The fourth-order valence-electron chi connectivity index (χ4n) is 3.87. The van der Waals surface area contributed by atoms with E-state index < -0.39 is 0 Å². The lowest BCUT2D eigenvalue weighted by atomic mass is 9.76. The number of amidine groups is 1. The maximum absolute atomic E-state index is 11.7. The predicted molar refractivity (Wildman–Crippen MR) is 80.1 cm³/mol. The standard InChI is InChI=1S/C16H21N3O2/c20-12-9-13(21)17-16-14(12)15(10-5-4-6-10)18-19(16)11-7-2-1-3-8-11/h9-11,14,20H,1-8H2. The molecule has 0 aromatic rings. The number of aliphatic hydroxyl groups is 1. The van der Waals surface area contributed by atoms with E-state index in [0.717, 1.165) is 31.4 Å². The van der Waals surface area contributed by atoms with Crippen LogP contribution in [0.15, 0.2) is 21.9 Å². The van der Waals surface area contributed by atoms with Gasteiger partial charge in [0.1, 0.15) is 17.5 Å². The van der Waals surface area contributed by atoms with Gasteiger partial charge in [0.25, 0.3) is 5.91 Å². The van der Waals surface area contributed by atoms with Crippen LogP contribution in [0.25, 0.3) is 0 Å². The summed E-state index contributed by atoms with van der Waals surface area (Å²) in [7, 11) is 0. The van der Waals surface area contributed by atoms with Crippen LogP contribution in [-0.2, 0) is 4.79 Å². The Morgan fingerprint density at radius 2 is 1.86 bits per heavy atom. The lowest BCUT2D eigenvalue weighted by Gasteiger charge is -2.31. The topological polar surface area (TPSA) is 65.3 Å². The van der Waals surface area contributed by atoms with Gasteiger partial charge in [0.05, 0.1) is 11.8 Å². The largest absolute Gasteiger partial charge is 0.511 e. The number of carbonyl (C=O) groups is 1. The zero-order valence-corrected chi connectivity index (χ0v) is 12.2. The van der Waals surface area contributed by atoms with Crippen molar-refractivity contribution in [1.29, 1.82) is 0 Å². The Balaban J connectivity index is 1.68. The fraction of sp³-hybridized carbons (Fsp3) is 0.688. The van der Waals surface area contributed by atoms with Crippen LogP contribution >= 0.6 is 0 Å². The molecule has 0 aromatic carbocycles. The van der Waals surface area contributed by atoms with Gasteiger partial charge in [0.15, 0.2) is 0 Å². The number of carbonyl (C=O) groups excluding carboxylic acids is 1. The van der Waals surface area contributed by atoms with Gasteiger partial charge in [-0.1, -0.05) is 25.7 Å². The van der Waals surface area contributed by atoms with Gasteiger partial charge in [-0.25, -0.2) is 5.01 Å². The van der Waals surface area contributed by atoms with Crippen molar-refractivity contribution in [3.05, 3.63) is 11.8 Å². The monoisotopic (exact) mass is 287 g/mol. The van der Waals surface area contributed by atoms with Crippen LogP contribution in [0.2, 0.25) is 0 Å². The summed E-state index contributed by atoms with van der Waals surface area (Å²) in [4.78, 5) is 15.9. The normalized spacial score (nSPS) is 30.5. The molecule has 1 amide bonds. The molecule has 0 saturated heterocycles. The van der Waals surface area contributed by atoms with Crippen molar-refractivity contribution in [3.8, 4) is 0 Å². The molecule has 2 fully saturated rings. The van der Waals surface area contributed by atoms with Crippen molar-refractivity contribution >= 4 is 17.5 Å². The molecule has 4 rings (SSSR count). The first kappa shape index (κ1) is 13.0. The molecule has 2 saturated carbocycles. The first-order chi connectivity index (χ1) is 10.2. The van der Waals surface area contributed by atoms with Crippen molar-refractivity contribution in [2.45, 2.75) is 57.4 Å². The minimum absolute atomic E-state index is 0.133. The van der Waals surface area contributed by atoms with Crippen LogP contribution in [0, 0.1) is 11.8 Å². The molecule has 4 aliphatic rings. The zero-order chi connectivity index (χ0) is 14.4. The molecule has 21 heavy (non-hydrogen) atoms. The van der Waals surface area contributed by atoms with E-state index >= 15 is 0 Å². The summed E-state index contributed by atoms with van der Waals surface area (Å²) in [5.41, 5.74) is 1.03. The summed E-state index contributed by atoms with van der Waals surface area (Å²) in [5.74, 6) is 0.653. The Morgan fingerprint density at radius 3 is 2.52 bits per heavy atom. The first-order valence-electron chi connectivity index (χ1n) is 8.15. The van der Waals surface area contributed by atoms with Crippen LogP contribution in [0.1, 0.15) is 51.4 Å². The molecule has 1 atom stereocenters. The smallest absolute Gasteiger partial charge is 0.274 e. The van der Waals surface area contributed by atoms with Gasteiger partial charge in [-0.2, -0.15) is 10.1 Å². The summed E-state index contributed by atoms with van der Waals surface area (Å²) in [6.07, 6.45) is 10.7. The van der Waals surface area contributed by atoms with E-state index in [4.69, 9.17) is 5.10 Å². The molecule has 5 nitrogen and oxygen atoms in total. The van der Waals surface area contributed by atoms with Crippen LogP contribution in [-0.4, -0.2) is 33.6 Å². The molecule has 1 N–H and O–H groups in total. The van der Waals surface area contributed by atoms with Crippen molar-refractivity contribution < 1.29 is 9.90 Å². The highest BCUT2D eigenvalue weighted by Gasteiger charge is 2.45. The van der Waals surface area contributed by atoms with E-state index in [1.165, 1.54) is 31.8 Å². The molecular formula is C16H21N3O2. The fourth-order valence-corrected chi connectivity index (χ4v) is 3.87. The quantitative estimate of drug-likeness (QED) is 0.849. The number of aliphatic hydroxyl groups excluding tert-OH is 1. The van der Waals surface area contributed by atoms with E-state index in [0.29, 0.717) is 17.8 Å². The van der Waals surface area contributed by atoms with E-state index in [1.807, 2.05) is 5.01 Å². The Morgan fingerprint density at radius 1 is 1.10 bits per heavy atom. The average Bonchev–Trinajstić information content (AvgIpc) is 2.77. The highest BCUT2D eigenvalue weighted by Crippen LogP contribution is 2.39. The van der Waals surface area contributed by atoms with Gasteiger partial charge >= 0.3 is 0 Å². The average molecular weight is 287 g/mol. The summed E-state index contributed by atoms with van der Waals surface area (Å²) < 4.78 is 0. The summed E-state index contributed by atoms with van der Waals surface area (Å²) in [5, 5.41) is 17.1. The molecule has 1 unspecified atom stereocenters. The lowest BCUT2D eigenvalue weighted by molar-refractivity contribution is -0.113. The molecule has 0 aromatic heterocycles. The Bertz CT molecular complexity index is 554. The van der Waals surface area contributed by atoms with Gasteiger partial charge in [-0.3, -0.25) is 4.79 Å². The number of hydrazone groups is 1. The van der Waals surface area contributed by atoms with E-state index in [2.05, 4.69) is 4.99 Å². The third-order valence-electron chi connectivity index (χ3n) is 5.25. The van der Waals surface area contributed by atoms with Gasteiger partial charge in [0, 0.05) is 12.0 Å².